The lowest BCUT2D eigenvalue weighted by atomic mass is 9.79. The minimum Gasteiger partial charge on any atom is -0.406 e. The number of carbonyl (C=O) groups is 1. The zero-order valence-corrected chi connectivity index (χ0v) is 8.25. The molecule has 0 amide bonds. The van der Waals surface area contributed by atoms with Crippen LogP contribution in [0.25, 0.3) is 0 Å². The molecule has 0 heterocycles. The molecule has 0 unspecified atom stereocenters. The van der Waals surface area contributed by atoms with Gasteiger partial charge in [-0.05, 0) is 24.1 Å². The van der Waals surface area contributed by atoms with Crippen molar-refractivity contribution in [2.45, 2.75) is 25.1 Å². The second kappa shape index (κ2) is 3.81. The number of ketones is 1. The van der Waals surface area contributed by atoms with Crippen LogP contribution in [0.1, 0.15) is 24.3 Å². The molecular formula is C11H9F3O2. The number of halogens is 3. The molecule has 86 valence electrons. The first-order valence-corrected chi connectivity index (χ1v) is 4.84. The van der Waals surface area contributed by atoms with Crippen molar-refractivity contribution < 1.29 is 22.7 Å². The van der Waals surface area contributed by atoms with E-state index in [4.69, 9.17) is 0 Å². The van der Waals surface area contributed by atoms with Crippen LogP contribution in [-0.2, 0) is 4.79 Å². The van der Waals surface area contributed by atoms with Crippen molar-refractivity contribution in [2.75, 3.05) is 0 Å². The molecular weight excluding hydrogens is 221 g/mol. The first-order chi connectivity index (χ1) is 7.46. The normalized spacial score (nSPS) is 20.4. The van der Waals surface area contributed by atoms with Crippen molar-refractivity contribution in [3.63, 3.8) is 0 Å². The largest absolute Gasteiger partial charge is 0.573 e. The summed E-state index contributed by atoms with van der Waals surface area (Å²) in [5.41, 5.74) is 0.755. The summed E-state index contributed by atoms with van der Waals surface area (Å²) >= 11 is 0. The molecule has 0 N–H and O–H groups in total. The van der Waals surface area contributed by atoms with Crippen molar-refractivity contribution in [3.8, 4) is 5.75 Å². The summed E-state index contributed by atoms with van der Waals surface area (Å²) in [5, 5.41) is 0. The summed E-state index contributed by atoms with van der Waals surface area (Å²) in [6, 6.07) is 5.47. The highest BCUT2D eigenvalue weighted by Gasteiger charge is 2.32. The SMILES string of the molecule is O=C1CC[C@H]1c1ccc(OC(F)(F)F)cc1. The summed E-state index contributed by atoms with van der Waals surface area (Å²) in [5.74, 6) is -0.257. The van der Waals surface area contributed by atoms with E-state index in [1.165, 1.54) is 24.3 Å². The van der Waals surface area contributed by atoms with E-state index in [1.54, 1.807) is 0 Å². The number of benzene rings is 1. The van der Waals surface area contributed by atoms with Gasteiger partial charge in [0.15, 0.2) is 0 Å². The van der Waals surface area contributed by atoms with E-state index in [1.807, 2.05) is 0 Å². The van der Waals surface area contributed by atoms with Gasteiger partial charge in [-0.2, -0.15) is 0 Å². The highest BCUT2D eigenvalue weighted by atomic mass is 19.4. The maximum Gasteiger partial charge on any atom is 0.573 e. The molecule has 2 rings (SSSR count). The summed E-state index contributed by atoms with van der Waals surface area (Å²) in [4.78, 5) is 11.1. The number of hydrogen-bond acceptors (Lipinski definition) is 2. The second-order valence-electron chi connectivity index (χ2n) is 3.67. The number of hydrogen-bond donors (Lipinski definition) is 0. The van der Waals surface area contributed by atoms with Crippen LogP contribution in [0.2, 0.25) is 0 Å². The number of rotatable bonds is 2. The average Bonchev–Trinajstić information content (AvgIpc) is 2.16. The maximum absolute atomic E-state index is 11.9. The molecule has 0 aliphatic heterocycles. The minimum absolute atomic E-state index is 0.139. The first kappa shape index (κ1) is 11.0. The van der Waals surface area contributed by atoms with Gasteiger partial charge in [-0.3, -0.25) is 4.79 Å². The Morgan fingerprint density at radius 1 is 1.19 bits per heavy atom. The highest BCUT2D eigenvalue weighted by molar-refractivity contribution is 5.91. The van der Waals surface area contributed by atoms with Gasteiger partial charge in [0.2, 0.25) is 0 Å². The number of carbonyl (C=O) groups excluding carboxylic acids is 1. The minimum atomic E-state index is -4.67. The Bertz CT molecular complexity index is 395. The van der Waals surface area contributed by atoms with Gasteiger partial charge in [0.1, 0.15) is 11.5 Å². The Morgan fingerprint density at radius 2 is 1.81 bits per heavy atom. The molecule has 1 atom stereocenters. The van der Waals surface area contributed by atoms with Crippen molar-refractivity contribution in [1.82, 2.24) is 0 Å². The van der Waals surface area contributed by atoms with Crippen LogP contribution in [0.4, 0.5) is 13.2 Å². The fraction of sp³-hybridized carbons (Fsp3) is 0.364. The second-order valence-corrected chi connectivity index (χ2v) is 3.67. The van der Waals surface area contributed by atoms with E-state index in [9.17, 15) is 18.0 Å². The van der Waals surface area contributed by atoms with E-state index >= 15 is 0 Å². The predicted molar refractivity (Wildman–Crippen MR) is 50.1 cm³/mol. The van der Waals surface area contributed by atoms with Crippen molar-refractivity contribution in [1.29, 1.82) is 0 Å². The number of Topliss-reactive ketones (excluding diaryl/α,β-unsaturated/α-hetero) is 1. The molecule has 0 spiro atoms. The third-order valence-electron chi connectivity index (χ3n) is 2.58. The summed E-state index contributed by atoms with van der Waals surface area (Å²) in [6.07, 6.45) is -3.34. The lowest BCUT2D eigenvalue weighted by Crippen LogP contribution is -2.23. The average molecular weight is 230 g/mol. The fourth-order valence-electron chi connectivity index (χ4n) is 1.66. The number of ether oxygens (including phenoxy) is 1. The van der Waals surface area contributed by atoms with Crippen molar-refractivity contribution >= 4 is 5.78 Å². The lowest BCUT2D eigenvalue weighted by molar-refractivity contribution is -0.274. The van der Waals surface area contributed by atoms with Gasteiger partial charge in [0.05, 0.1) is 0 Å². The Morgan fingerprint density at radius 3 is 2.19 bits per heavy atom. The Balaban J connectivity index is 2.07. The smallest absolute Gasteiger partial charge is 0.406 e. The van der Waals surface area contributed by atoms with Crippen LogP contribution in [0.3, 0.4) is 0 Å². The lowest BCUT2D eigenvalue weighted by Gasteiger charge is -2.24. The molecule has 0 saturated heterocycles. The third kappa shape index (κ3) is 2.35. The zero-order chi connectivity index (χ0) is 11.8. The standard InChI is InChI=1S/C11H9F3O2/c12-11(13,14)16-8-3-1-7(2-4-8)9-5-6-10(9)15/h1-4,9H,5-6H2/t9-/m0/s1. The third-order valence-corrected chi connectivity index (χ3v) is 2.58. The predicted octanol–water partition coefficient (Wildman–Crippen LogP) is 3.03. The van der Waals surface area contributed by atoms with Gasteiger partial charge in [0.25, 0.3) is 0 Å². The van der Waals surface area contributed by atoms with E-state index in [0.29, 0.717) is 6.42 Å². The summed E-state index contributed by atoms with van der Waals surface area (Å²) in [7, 11) is 0. The van der Waals surface area contributed by atoms with Crippen LogP contribution in [-0.4, -0.2) is 12.1 Å². The Hall–Kier alpha value is -1.52. The molecule has 5 heteroatoms. The van der Waals surface area contributed by atoms with Gasteiger partial charge in [-0.1, -0.05) is 12.1 Å². The molecule has 1 aromatic rings. The molecule has 1 aliphatic rings. The monoisotopic (exact) mass is 230 g/mol. The highest BCUT2D eigenvalue weighted by Crippen LogP contribution is 2.34. The molecule has 0 aromatic heterocycles. The van der Waals surface area contributed by atoms with Crippen LogP contribution >= 0.6 is 0 Å². The Kier molecular flexibility index (Phi) is 2.61. The van der Waals surface area contributed by atoms with E-state index in [-0.39, 0.29) is 17.5 Å². The van der Waals surface area contributed by atoms with Gasteiger partial charge < -0.3 is 4.74 Å². The quantitative estimate of drug-likeness (QED) is 0.780. The van der Waals surface area contributed by atoms with Crippen LogP contribution in [0, 0.1) is 0 Å². The van der Waals surface area contributed by atoms with Crippen LogP contribution < -0.4 is 4.74 Å². The fourth-order valence-corrected chi connectivity index (χ4v) is 1.66. The van der Waals surface area contributed by atoms with Crippen LogP contribution in [0.5, 0.6) is 5.75 Å². The molecule has 0 radical (unpaired) electrons. The summed E-state index contributed by atoms with van der Waals surface area (Å²) in [6.45, 7) is 0. The zero-order valence-electron chi connectivity index (χ0n) is 8.25. The number of alkyl halides is 3. The van der Waals surface area contributed by atoms with Gasteiger partial charge in [-0.25, -0.2) is 0 Å². The van der Waals surface area contributed by atoms with Gasteiger partial charge in [-0.15, -0.1) is 13.2 Å². The molecule has 1 aromatic carbocycles. The van der Waals surface area contributed by atoms with E-state index < -0.39 is 6.36 Å². The molecule has 1 fully saturated rings. The molecule has 1 saturated carbocycles. The maximum atomic E-state index is 11.9. The Labute approximate surface area is 90.0 Å². The topological polar surface area (TPSA) is 26.3 Å². The first-order valence-electron chi connectivity index (χ1n) is 4.84. The van der Waals surface area contributed by atoms with Gasteiger partial charge in [0, 0.05) is 12.3 Å². The molecule has 16 heavy (non-hydrogen) atoms. The molecule has 0 bridgehead atoms. The van der Waals surface area contributed by atoms with E-state index in [0.717, 1.165) is 12.0 Å². The van der Waals surface area contributed by atoms with E-state index in [2.05, 4.69) is 4.74 Å². The summed E-state index contributed by atoms with van der Waals surface area (Å²) < 4.78 is 39.3. The van der Waals surface area contributed by atoms with Crippen molar-refractivity contribution in [2.24, 2.45) is 0 Å². The molecule has 1 aliphatic carbocycles. The van der Waals surface area contributed by atoms with Crippen molar-refractivity contribution in [3.05, 3.63) is 29.8 Å². The molecule has 2 nitrogen and oxygen atoms in total. The van der Waals surface area contributed by atoms with Gasteiger partial charge >= 0.3 is 6.36 Å². The van der Waals surface area contributed by atoms with Crippen LogP contribution in [0.15, 0.2) is 24.3 Å².